The number of rotatable bonds is 3. The number of nitriles is 1. The minimum Gasteiger partial charge on any atom is -0.360 e. The van der Waals surface area contributed by atoms with Gasteiger partial charge in [-0.1, -0.05) is 19.0 Å². The van der Waals surface area contributed by atoms with E-state index in [4.69, 9.17) is 9.78 Å². The lowest BCUT2D eigenvalue weighted by Crippen LogP contribution is -1.93. The third-order valence-corrected chi connectivity index (χ3v) is 1.48. The first-order chi connectivity index (χ1) is 5.72. The van der Waals surface area contributed by atoms with E-state index < -0.39 is 0 Å². The van der Waals surface area contributed by atoms with Crippen LogP contribution in [0.2, 0.25) is 0 Å². The maximum Gasteiger partial charge on any atom is 0.151 e. The molecule has 3 heteroatoms. The van der Waals surface area contributed by atoms with Crippen molar-refractivity contribution in [1.29, 1.82) is 5.26 Å². The summed E-state index contributed by atoms with van der Waals surface area (Å²) in [5.41, 5.74) is 0.940. The van der Waals surface area contributed by atoms with Gasteiger partial charge in [-0.05, 0) is 12.3 Å². The van der Waals surface area contributed by atoms with Crippen LogP contribution in [0.3, 0.4) is 0 Å². The first kappa shape index (κ1) is 8.79. The van der Waals surface area contributed by atoms with Crippen LogP contribution in [0.25, 0.3) is 0 Å². The maximum atomic E-state index is 8.37. The van der Waals surface area contributed by atoms with E-state index in [1.807, 2.05) is 12.1 Å². The molecule has 12 heavy (non-hydrogen) atoms. The lowest BCUT2D eigenvalue weighted by Gasteiger charge is -1.96. The summed E-state index contributed by atoms with van der Waals surface area (Å²) in [6, 6.07) is 3.87. The van der Waals surface area contributed by atoms with Crippen molar-refractivity contribution in [3.63, 3.8) is 0 Å². The van der Waals surface area contributed by atoms with Crippen LogP contribution in [0, 0.1) is 17.2 Å². The fourth-order valence-corrected chi connectivity index (χ4v) is 1.03. The molecule has 0 aliphatic rings. The van der Waals surface area contributed by atoms with Crippen molar-refractivity contribution in [3.8, 4) is 6.07 Å². The highest BCUT2D eigenvalue weighted by atomic mass is 16.5. The lowest BCUT2D eigenvalue weighted by atomic mass is 10.1. The predicted octanol–water partition coefficient (Wildman–Crippen LogP) is 1.94. The smallest absolute Gasteiger partial charge is 0.151 e. The van der Waals surface area contributed by atoms with Crippen LogP contribution in [-0.2, 0) is 12.8 Å². The molecule has 0 saturated carbocycles. The molecule has 0 fully saturated rings. The average Bonchev–Trinajstić information content (AvgIpc) is 2.36. The lowest BCUT2D eigenvalue weighted by molar-refractivity contribution is 0.381. The minimum atomic E-state index is 0.311. The van der Waals surface area contributed by atoms with Gasteiger partial charge in [-0.25, -0.2) is 0 Å². The summed E-state index contributed by atoms with van der Waals surface area (Å²) in [4.78, 5) is 0. The Morgan fingerprint density at radius 3 is 3.00 bits per heavy atom. The van der Waals surface area contributed by atoms with Gasteiger partial charge in [0.1, 0.15) is 0 Å². The third-order valence-electron chi connectivity index (χ3n) is 1.48. The van der Waals surface area contributed by atoms with E-state index in [1.165, 1.54) is 0 Å². The molecule has 0 atom stereocenters. The van der Waals surface area contributed by atoms with Gasteiger partial charge in [-0.2, -0.15) is 5.26 Å². The van der Waals surface area contributed by atoms with Crippen LogP contribution < -0.4 is 0 Å². The zero-order valence-corrected chi connectivity index (χ0v) is 7.37. The van der Waals surface area contributed by atoms with E-state index in [1.54, 1.807) is 0 Å². The molecule has 0 aliphatic heterocycles. The van der Waals surface area contributed by atoms with Gasteiger partial charge in [-0.15, -0.1) is 0 Å². The standard InChI is InChI=1S/C9H12N2O/c1-7(2)5-8-6-9(3-4-10)12-11-8/h6-7H,3,5H2,1-2H3. The van der Waals surface area contributed by atoms with Gasteiger partial charge in [-0.3, -0.25) is 0 Å². The highest BCUT2D eigenvalue weighted by Crippen LogP contribution is 2.08. The summed E-state index contributed by atoms with van der Waals surface area (Å²) in [6.07, 6.45) is 1.22. The van der Waals surface area contributed by atoms with Crippen molar-refractivity contribution in [2.75, 3.05) is 0 Å². The Hall–Kier alpha value is -1.30. The molecule has 0 amide bonds. The monoisotopic (exact) mass is 164 g/mol. The molecular weight excluding hydrogens is 152 g/mol. The van der Waals surface area contributed by atoms with Gasteiger partial charge in [0.05, 0.1) is 18.2 Å². The summed E-state index contributed by atoms with van der Waals surface area (Å²) in [7, 11) is 0. The Morgan fingerprint density at radius 2 is 2.42 bits per heavy atom. The third kappa shape index (κ3) is 2.39. The van der Waals surface area contributed by atoms with E-state index in [-0.39, 0.29) is 0 Å². The highest BCUT2D eigenvalue weighted by molar-refractivity contribution is 5.09. The molecule has 0 spiro atoms. The van der Waals surface area contributed by atoms with Crippen LogP contribution in [0.4, 0.5) is 0 Å². The fraction of sp³-hybridized carbons (Fsp3) is 0.556. The molecule has 0 radical (unpaired) electrons. The second-order valence-electron chi connectivity index (χ2n) is 3.22. The fourth-order valence-electron chi connectivity index (χ4n) is 1.03. The van der Waals surface area contributed by atoms with Crippen molar-refractivity contribution < 1.29 is 4.52 Å². The molecular formula is C9H12N2O. The molecule has 1 rings (SSSR count). The minimum absolute atomic E-state index is 0.311. The number of hydrogen-bond acceptors (Lipinski definition) is 3. The van der Waals surface area contributed by atoms with E-state index >= 15 is 0 Å². The predicted molar refractivity (Wildman–Crippen MR) is 44.4 cm³/mol. The molecule has 0 unspecified atom stereocenters. The van der Waals surface area contributed by atoms with Crippen molar-refractivity contribution in [2.24, 2.45) is 5.92 Å². The maximum absolute atomic E-state index is 8.37. The normalized spacial score (nSPS) is 10.2. The Bertz CT molecular complexity index is 283. The molecule has 1 heterocycles. The molecule has 0 aliphatic carbocycles. The Labute approximate surface area is 72.0 Å². The Kier molecular flexibility index (Phi) is 2.87. The van der Waals surface area contributed by atoms with Gasteiger partial charge >= 0.3 is 0 Å². The Morgan fingerprint density at radius 1 is 1.67 bits per heavy atom. The number of nitrogens with zero attached hydrogens (tertiary/aromatic N) is 2. The zero-order chi connectivity index (χ0) is 8.97. The number of aromatic nitrogens is 1. The van der Waals surface area contributed by atoms with Crippen LogP contribution in [0.5, 0.6) is 0 Å². The van der Waals surface area contributed by atoms with Crippen LogP contribution >= 0.6 is 0 Å². The van der Waals surface area contributed by atoms with Gasteiger partial charge in [0.15, 0.2) is 5.76 Å². The van der Waals surface area contributed by atoms with Crippen molar-refractivity contribution >= 4 is 0 Å². The summed E-state index contributed by atoms with van der Waals surface area (Å²) in [5.74, 6) is 1.23. The molecule has 1 aromatic heterocycles. The zero-order valence-electron chi connectivity index (χ0n) is 7.37. The molecule has 0 N–H and O–H groups in total. The molecule has 0 aromatic carbocycles. The summed E-state index contributed by atoms with van der Waals surface area (Å²) >= 11 is 0. The average molecular weight is 164 g/mol. The first-order valence-electron chi connectivity index (χ1n) is 4.03. The SMILES string of the molecule is CC(C)Cc1cc(CC#N)on1. The molecule has 0 saturated heterocycles. The van der Waals surface area contributed by atoms with E-state index in [0.29, 0.717) is 18.1 Å². The van der Waals surface area contributed by atoms with Gasteiger partial charge in [0, 0.05) is 6.07 Å². The van der Waals surface area contributed by atoms with Gasteiger partial charge in [0.25, 0.3) is 0 Å². The van der Waals surface area contributed by atoms with E-state index in [0.717, 1.165) is 12.1 Å². The topological polar surface area (TPSA) is 49.8 Å². The van der Waals surface area contributed by atoms with E-state index in [9.17, 15) is 0 Å². The highest BCUT2D eigenvalue weighted by Gasteiger charge is 2.04. The number of hydrogen-bond donors (Lipinski definition) is 0. The van der Waals surface area contributed by atoms with Crippen molar-refractivity contribution in [2.45, 2.75) is 26.7 Å². The van der Waals surface area contributed by atoms with Crippen molar-refractivity contribution in [3.05, 3.63) is 17.5 Å². The van der Waals surface area contributed by atoms with Crippen molar-refractivity contribution in [1.82, 2.24) is 5.16 Å². The van der Waals surface area contributed by atoms with Crippen LogP contribution in [-0.4, -0.2) is 5.16 Å². The summed E-state index contributed by atoms with van der Waals surface area (Å²) in [6.45, 7) is 4.25. The largest absolute Gasteiger partial charge is 0.360 e. The van der Waals surface area contributed by atoms with Gasteiger partial charge < -0.3 is 4.52 Å². The second kappa shape index (κ2) is 3.91. The molecule has 3 nitrogen and oxygen atoms in total. The summed E-state index contributed by atoms with van der Waals surface area (Å²) < 4.78 is 4.93. The first-order valence-corrected chi connectivity index (χ1v) is 4.03. The van der Waals surface area contributed by atoms with Gasteiger partial charge in [0.2, 0.25) is 0 Å². The molecule has 64 valence electrons. The van der Waals surface area contributed by atoms with Crippen LogP contribution in [0.15, 0.2) is 10.6 Å². The van der Waals surface area contributed by atoms with E-state index in [2.05, 4.69) is 19.0 Å². The van der Waals surface area contributed by atoms with Crippen LogP contribution in [0.1, 0.15) is 25.3 Å². The summed E-state index contributed by atoms with van der Waals surface area (Å²) in [5, 5.41) is 12.2. The quantitative estimate of drug-likeness (QED) is 0.685. The second-order valence-corrected chi connectivity index (χ2v) is 3.22. The molecule has 1 aromatic rings. The molecule has 0 bridgehead atoms. The Balaban J connectivity index is 2.59.